The second-order valence-corrected chi connectivity index (χ2v) is 5.62. The van der Waals surface area contributed by atoms with Crippen molar-refractivity contribution in [2.24, 2.45) is 5.92 Å². The van der Waals surface area contributed by atoms with E-state index in [4.69, 9.17) is 10.2 Å². The van der Waals surface area contributed by atoms with E-state index in [1.54, 1.807) is 0 Å². The zero-order chi connectivity index (χ0) is 15.4. The maximum Gasteiger partial charge on any atom is 0.124 e. The molecule has 0 spiro atoms. The molecule has 0 amide bonds. The molecule has 0 aliphatic carbocycles. The van der Waals surface area contributed by atoms with E-state index in [2.05, 4.69) is 54.5 Å². The highest BCUT2D eigenvalue weighted by Crippen LogP contribution is 2.20. The number of nitrogens with zero attached hydrogens (tertiary/aromatic N) is 4. The number of fused-ring (bicyclic) bond motifs is 1. The van der Waals surface area contributed by atoms with Crippen LogP contribution in [0.3, 0.4) is 0 Å². The lowest BCUT2D eigenvalue weighted by Gasteiger charge is -2.19. The summed E-state index contributed by atoms with van der Waals surface area (Å²) in [4.78, 5) is 7.16. The summed E-state index contributed by atoms with van der Waals surface area (Å²) < 4.78 is 2.21. The van der Waals surface area contributed by atoms with E-state index in [9.17, 15) is 0 Å². The summed E-state index contributed by atoms with van der Waals surface area (Å²) >= 11 is 0. The van der Waals surface area contributed by atoms with Crippen molar-refractivity contribution in [2.75, 3.05) is 13.1 Å². The fourth-order valence-corrected chi connectivity index (χ4v) is 2.58. The molecule has 1 aromatic carbocycles. The summed E-state index contributed by atoms with van der Waals surface area (Å²) in [6.45, 7) is 11.9. The van der Waals surface area contributed by atoms with Crippen molar-refractivity contribution in [3.8, 4) is 6.07 Å². The third kappa shape index (κ3) is 3.43. The Balaban J connectivity index is 2.46. The zero-order valence-corrected chi connectivity index (χ0v) is 13.4. The first-order valence-electron chi connectivity index (χ1n) is 7.66. The second-order valence-electron chi connectivity index (χ2n) is 5.62. The van der Waals surface area contributed by atoms with Crippen LogP contribution in [-0.4, -0.2) is 27.5 Å². The molecule has 1 atom stereocenters. The van der Waals surface area contributed by atoms with Crippen molar-refractivity contribution >= 4 is 11.0 Å². The molecular formula is C17H24N4. The van der Waals surface area contributed by atoms with E-state index in [0.29, 0.717) is 6.54 Å². The van der Waals surface area contributed by atoms with Gasteiger partial charge in [-0.05, 0) is 44.6 Å². The Bertz CT molecular complexity index is 647. The molecule has 0 aliphatic heterocycles. The van der Waals surface area contributed by atoms with Gasteiger partial charge in [0.25, 0.3) is 0 Å². The maximum atomic E-state index is 9.12. The number of rotatable bonds is 6. The van der Waals surface area contributed by atoms with Gasteiger partial charge in [0, 0.05) is 6.54 Å². The third-order valence-corrected chi connectivity index (χ3v) is 3.92. The van der Waals surface area contributed by atoms with E-state index in [0.717, 1.165) is 36.5 Å². The average molecular weight is 284 g/mol. The average Bonchev–Trinajstić information content (AvgIpc) is 2.81. The highest BCUT2D eigenvalue weighted by molar-refractivity contribution is 5.76. The van der Waals surface area contributed by atoms with Crippen molar-refractivity contribution in [3.63, 3.8) is 0 Å². The van der Waals surface area contributed by atoms with Crippen LogP contribution in [0.2, 0.25) is 0 Å². The van der Waals surface area contributed by atoms with E-state index >= 15 is 0 Å². The minimum absolute atomic E-state index is 0.0147. The first kappa shape index (κ1) is 15.5. The molecular weight excluding hydrogens is 260 g/mol. The van der Waals surface area contributed by atoms with Gasteiger partial charge in [-0.3, -0.25) is 4.90 Å². The van der Waals surface area contributed by atoms with E-state index in [-0.39, 0.29) is 5.92 Å². The fraction of sp³-hybridized carbons (Fsp3) is 0.529. The number of nitriles is 1. The Morgan fingerprint density at radius 2 is 2.05 bits per heavy atom. The Kier molecular flexibility index (Phi) is 4.98. The molecule has 1 aromatic heterocycles. The summed E-state index contributed by atoms with van der Waals surface area (Å²) in [6, 6.07) is 8.67. The van der Waals surface area contributed by atoms with Crippen molar-refractivity contribution < 1.29 is 0 Å². The predicted octanol–water partition coefficient (Wildman–Crippen LogP) is 3.35. The summed E-state index contributed by atoms with van der Waals surface area (Å²) in [5, 5.41) is 9.12. The van der Waals surface area contributed by atoms with Crippen LogP contribution >= 0.6 is 0 Å². The fourth-order valence-electron chi connectivity index (χ4n) is 2.58. The lowest BCUT2D eigenvalue weighted by Crippen LogP contribution is -2.25. The van der Waals surface area contributed by atoms with Gasteiger partial charge >= 0.3 is 0 Å². The van der Waals surface area contributed by atoms with Crippen molar-refractivity contribution in [1.29, 1.82) is 5.26 Å². The lowest BCUT2D eigenvalue weighted by atomic mass is 10.2. The summed E-state index contributed by atoms with van der Waals surface area (Å²) in [5.41, 5.74) is 3.38. The molecule has 0 fully saturated rings. The summed E-state index contributed by atoms with van der Waals surface area (Å²) in [6.07, 6.45) is 0. The molecule has 4 heteroatoms. The van der Waals surface area contributed by atoms with Gasteiger partial charge in [0.1, 0.15) is 5.82 Å². The third-order valence-electron chi connectivity index (χ3n) is 3.92. The van der Waals surface area contributed by atoms with Crippen molar-refractivity contribution in [3.05, 3.63) is 29.6 Å². The zero-order valence-electron chi connectivity index (χ0n) is 13.4. The van der Waals surface area contributed by atoms with Crippen molar-refractivity contribution in [2.45, 2.75) is 40.8 Å². The highest BCUT2D eigenvalue weighted by Gasteiger charge is 2.15. The van der Waals surface area contributed by atoms with Gasteiger partial charge in [0.05, 0.1) is 29.6 Å². The van der Waals surface area contributed by atoms with Crippen molar-refractivity contribution in [1.82, 2.24) is 14.5 Å². The highest BCUT2D eigenvalue weighted by atomic mass is 15.2. The van der Waals surface area contributed by atoms with Gasteiger partial charge < -0.3 is 4.57 Å². The Morgan fingerprint density at radius 3 is 2.67 bits per heavy atom. The van der Waals surface area contributed by atoms with E-state index in [1.807, 2.05) is 6.92 Å². The molecule has 2 rings (SSSR count). The van der Waals surface area contributed by atoms with Gasteiger partial charge in [-0.2, -0.15) is 5.26 Å². The molecule has 4 nitrogen and oxygen atoms in total. The second kappa shape index (κ2) is 6.73. The molecule has 2 aromatic rings. The van der Waals surface area contributed by atoms with Crippen LogP contribution in [0.25, 0.3) is 11.0 Å². The number of hydrogen-bond acceptors (Lipinski definition) is 3. The molecule has 112 valence electrons. The lowest BCUT2D eigenvalue weighted by molar-refractivity contribution is 0.283. The Morgan fingerprint density at radius 1 is 1.33 bits per heavy atom. The van der Waals surface area contributed by atoms with Crippen LogP contribution in [0.5, 0.6) is 0 Å². The van der Waals surface area contributed by atoms with Crippen LogP contribution in [-0.2, 0) is 13.1 Å². The predicted molar refractivity (Wildman–Crippen MR) is 85.9 cm³/mol. The topological polar surface area (TPSA) is 44.9 Å². The molecule has 0 bridgehead atoms. The largest absolute Gasteiger partial charge is 0.326 e. The normalized spacial score (nSPS) is 12.8. The number of aromatic nitrogens is 2. The van der Waals surface area contributed by atoms with Crippen LogP contribution in [0, 0.1) is 24.2 Å². The molecule has 0 radical (unpaired) electrons. The van der Waals surface area contributed by atoms with Gasteiger partial charge in [0.15, 0.2) is 0 Å². The van der Waals surface area contributed by atoms with Gasteiger partial charge in [-0.1, -0.05) is 19.9 Å². The van der Waals surface area contributed by atoms with E-state index in [1.165, 1.54) is 5.56 Å². The molecule has 21 heavy (non-hydrogen) atoms. The van der Waals surface area contributed by atoms with Gasteiger partial charge in [-0.25, -0.2) is 4.98 Å². The van der Waals surface area contributed by atoms with Crippen LogP contribution in [0.15, 0.2) is 18.2 Å². The molecule has 1 unspecified atom stereocenters. The standard InChI is InChI=1S/C17H24N4/c1-5-20(6-2)12-17-19-15-9-13(3)7-8-16(15)21(17)11-14(4)10-18/h7-9,14H,5-6,11-12H2,1-4H3. The quantitative estimate of drug-likeness (QED) is 0.817. The number of imidazole rings is 1. The number of hydrogen-bond donors (Lipinski definition) is 0. The molecule has 0 aliphatic rings. The maximum absolute atomic E-state index is 9.12. The molecule has 0 saturated carbocycles. The number of benzene rings is 1. The summed E-state index contributed by atoms with van der Waals surface area (Å²) in [5.74, 6) is 1.04. The monoisotopic (exact) mass is 284 g/mol. The Labute approximate surface area is 127 Å². The van der Waals surface area contributed by atoms with E-state index < -0.39 is 0 Å². The Hall–Kier alpha value is -1.86. The minimum atomic E-state index is -0.0147. The van der Waals surface area contributed by atoms with Gasteiger partial charge in [0.2, 0.25) is 0 Å². The molecule has 0 N–H and O–H groups in total. The first-order valence-corrected chi connectivity index (χ1v) is 7.66. The molecule has 0 saturated heterocycles. The summed E-state index contributed by atoms with van der Waals surface area (Å²) in [7, 11) is 0. The van der Waals surface area contributed by atoms with Crippen LogP contribution in [0.1, 0.15) is 32.2 Å². The first-order chi connectivity index (χ1) is 10.1. The smallest absolute Gasteiger partial charge is 0.124 e. The number of aryl methyl sites for hydroxylation is 1. The van der Waals surface area contributed by atoms with Crippen LogP contribution in [0.4, 0.5) is 0 Å². The SMILES string of the molecule is CCN(CC)Cc1nc2cc(C)ccc2n1CC(C)C#N. The minimum Gasteiger partial charge on any atom is -0.326 e. The van der Waals surface area contributed by atoms with Crippen LogP contribution < -0.4 is 0 Å². The van der Waals surface area contributed by atoms with Gasteiger partial charge in [-0.15, -0.1) is 0 Å². The molecule has 1 heterocycles.